The van der Waals surface area contributed by atoms with Crippen molar-refractivity contribution >= 4 is 21.8 Å². The molecule has 3 rings (SSSR count). The highest BCUT2D eigenvalue weighted by atomic mass is 79.9. The topological polar surface area (TPSA) is 32.3 Å². The average molecular weight is 373 g/mol. The second-order valence-corrected chi connectivity index (χ2v) is 6.82. The van der Waals surface area contributed by atoms with Gasteiger partial charge in [0.1, 0.15) is 0 Å². The quantitative estimate of drug-likeness (QED) is 0.860. The van der Waals surface area contributed by atoms with Crippen molar-refractivity contribution in [3.05, 3.63) is 69.7 Å². The number of hydrogen-bond donors (Lipinski definition) is 1. The number of amides is 1. The van der Waals surface area contributed by atoms with E-state index in [4.69, 9.17) is 0 Å². The average Bonchev–Trinajstić information content (AvgIpc) is 3.06. The van der Waals surface area contributed by atoms with Crippen LogP contribution in [0.4, 0.5) is 0 Å². The van der Waals surface area contributed by atoms with Gasteiger partial charge in [0, 0.05) is 17.6 Å². The van der Waals surface area contributed by atoms with Crippen LogP contribution in [0.5, 0.6) is 0 Å². The van der Waals surface area contributed by atoms with E-state index in [2.05, 4.69) is 50.4 Å². The van der Waals surface area contributed by atoms with Gasteiger partial charge in [-0.3, -0.25) is 9.69 Å². The molecular formula is C19H21BrN2O. The Morgan fingerprint density at radius 3 is 2.57 bits per heavy atom. The van der Waals surface area contributed by atoms with E-state index < -0.39 is 0 Å². The first kappa shape index (κ1) is 16.2. The Morgan fingerprint density at radius 2 is 1.78 bits per heavy atom. The first-order valence-corrected chi connectivity index (χ1v) is 8.84. The third-order valence-electron chi connectivity index (χ3n) is 4.17. The molecule has 1 fully saturated rings. The van der Waals surface area contributed by atoms with Crippen molar-refractivity contribution in [2.45, 2.75) is 25.9 Å². The predicted molar refractivity (Wildman–Crippen MR) is 96.3 cm³/mol. The van der Waals surface area contributed by atoms with E-state index in [1.54, 1.807) is 0 Å². The molecule has 2 aromatic rings. The fourth-order valence-electron chi connectivity index (χ4n) is 2.96. The zero-order chi connectivity index (χ0) is 16.1. The van der Waals surface area contributed by atoms with E-state index >= 15 is 0 Å². The van der Waals surface area contributed by atoms with Crippen molar-refractivity contribution in [1.29, 1.82) is 0 Å². The molecule has 1 saturated heterocycles. The van der Waals surface area contributed by atoms with Crippen molar-refractivity contribution in [3.63, 3.8) is 0 Å². The molecule has 120 valence electrons. The second-order valence-electron chi connectivity index (χ2n) is 5.97. The third-order valence-corrected chi connectivity index (χ3v) is 4.86. The van der Waals surface area contributed by atoms with Gasteiger partial charge in [-0.1, -0.05) is 36.4 Å². The van der Waals surface area contributed by atoms with E-state index in [0.717, 1.165) is 16.6 Å². The number of carbonyl (C=O) groups excluding carboxylic acids is 1. The van der Waals surface area contributed by atoms with Crippen LogP contribution < -0.4 is 5.32 Å². The number of carbonyl (C=O) groups is 1. The zero-order valence-corrected chi connectivity index (χ0v) is 14.7. The Bertz CT molecular complexity index is 681. The maximum Gasteiger partial charge on any atom is 0.252 e. The normalized spacial score (nSPS) is 14.8. The summed E-state index contributed by atoms with van der Waals surface area (Å²) < 4.78 is 0.820. The van der Waals surface area contributed by atoms with Gasteiger partial charge in [-0.25, -0.2) is 0 Å². The molecule has 3 nitrogen and oxygen atoms in total. The molecular weight excluding hydrogens is 352 g/mol. The smallest absolute Gasteiger partial charge is 0.252 e. The molecule has 2 aromatic carbocycles. The van der Waals surface area contributed by atoms with Crippen molar-refractivity contribution in [1.82, 2.24) is 10.2 Å². The Balaban J connectivity index is 1.59. The summed E-state index contributed by atoms with van der Waals surface area (Å²) in [4.78, 5) is 14.7. The van der Waals surface area contributed by atoms with Crippen LogP contribution >= 0.6 is 15.9 Å². The highest BCUT2D eigenvalue weighted by Gasteiger charge is 2.12. The molecule has 0 spiro atoms. The zero-order valence-electron chi connectivity index (χ0n) is 13.1. The molecule has 1 N–H and O–H groups in total. The fourth-order valence-corrected chi connectivity index (χ4v) is 3.42. The molecule has 1 heterocycles. The summed E-state index contributed by atoms with van der Waals surface area (Å²) in [5, 5.41) is 2.99. The predicted octanol–water partition coefficient (Wildman–Crippen LogP) is 3.97. The molecule has 0 aliphatic carbocycles. The molecule has 0 unspecified atom stereocenters. The highest BCUT2D eigenvalue weighted by Crippen LogP contribution is 2.16. The van der Waals surface area contributed by atoms with Crippen LogP contribution in [0.3, 0.4) is 0 Å². The molecule has 1 amide bonds. The minimum Gasteiger partial charge on any atom is -0.348 e. The summed E-state index contributed by atoms with van der Waals surface area (Å²) in [6.07, 6.45) is 2.61. The summed E-state index contributed by atoms with van der Waals surface area (Å²) in [5.74, 6) is -0.0533. The van der Waals surface area contributed by atoms with Gasteiger partial charge in [0.05, 0.1) is 5.56 Å². The standard InChI is InChI=1S/C19H21BrN2O/c20-18-9-2-1-8-17(18)19(23)21-13-15-6-5-7-16(12-15)14-22-10-3-4-11-22/h1-2,5-9,12H,3-4,10-11,13-14H2,(H,21,23). The number of nitrogens with zero attached hydrogens (tertiary/aromatic N) is 1. The first-order valence-electron chi connectivity index (χ1n) is 8.05. The molecule has 0 aromatic heterocycles. The van der Waals surface area contributed by atoms with Crippen molar-refractivity contribution < 1.29 is 4.79 Å². The van der Waals surface area contributed by atoms with Gasteiger partial charge in [-0.05, 0) is 65.1 Å². The number of halogens is 1. The molecule has 0 bridgehead atoms. The van der Waals surface area contributed by atoms with Crippen LogP contribution in [0, 0.1) is 0 Å². The van der Waals surface area contributed by atoms with Crippen LogP contribution in [-0.2, 0) is 13.1 Å². The van der Waals surface area contributed by atoms with Crippen molar-refractivity contribution in [2.75, 3.05) is 13.1 Å². The number of likely N-dealkylation sites (tertiary alicyclic amines) is 1. The summed E-state index contributed by atoms with van der Waals surface area (Å²) in [6, 6.07) is 16.0. The Morgan fingerprint density at radius 1 is 1.04 bits per heavy atom. The van der Waals surface area contributed by atoms with Crippen LogP contribution in [0.15, 0.2) is 53.0 Å². The monoisotopic (exact) mass is 372 g/mol. The SMILES string of the molecule is O=C(NCc1cccc(CN2CCCC2)c1)c1ccccc1Br. The van der Waals surface area contributed by atoms with E-state index in [9.17, 15) is 4.79 Å². The van der Waals surface area contributed by atoms with Gasteiger partial charge in [-0.15, -0.1) is 0 Å². The van der Waals surface area contributed by atoms with Crippen LogP contribution in [0.1, 0.15) is 34.3 Å². The van der Waals surface area contributed by atoms with Crippen molar-refractivity contribution in [2.24, 2.45) is 0 Å². The Hall–Kier alpha value is -1.65. The number of rotatable bonds is 5. The molecule has 1 aliphatic rings. The molecule has 0 atom stereocenters. The van der Waals surface area contributed by atoms with Gasteiger partial charge in [0.2, 0.25) is 0 Å². The largest absolute Gasteiger partial charge is 0.348 e. The summed E-state index contributed by atoms with van der Waals surface area (Å²) >= 11 is 3.42. The van der Waals surface area contributed by atoms with E-state index in [0.29, 0.717) is 12.1 Å². The molecule has 0 saturated carbocycles. The first-order chi connectivity index (χ1) is 11.2. The lowest BCUT2D eigenvalue weighted by atomic mass is 10.1. The maximum atomic E-state index is 12.3. The van der Waals surface area contributed by atoms with Gasteiger partial charge >= 0.3 is 0 Å². The lowest BCUT2D eigenvalue weighted by Gasteiger charge is -2.15. The Labute approximate surface area is 145 Å². The molecule has 23 heavy (non-hydrogen) atoms. The van der Waals surface area contributed by atoms with E-state index in [-0.39, 0.29) is 5.91 Å². The van der Waals surface area contributed by atoms with E-state index in [1.807, 2.05) is 24.3 Å². The number of hydrogen-bond acceptors (Lipinski definition) is 2. The third kappa shape index (κ3) is 4.43. The minimum atomic E-state index is -0.0533. The number of benzene rings is 2. The molecule has 0 radical (unpaired) electrons. The minimum absolute atomic E-state index is 0.0533. The van der Waals surface area contributed by atoms with Gasteiger partial charge in [0.25, 0.3) is 5.91 Å². The van der Waals surface area contributed by atoms with Gasteiger partial charge in [-0.2, -0.15) is 0 Å². The summed E-state index contributed by atoms with van der Waals surface area (Å²) in [7, 11) is 0. The van der Waals surface area contributed by atoms with Crippen LogP contribution in [-0.4, -0.2) is 23.9 Å². The van der Waals surface area contributed by atoms with Gasteiger partial charge < -0.3 is 5.32 Å². The lowest BCUT2D eigenvalue weighted by Crippen LogP contribution is -2.23. The highest BCUT2D eigenvalue weighted by molar-refractivity contribution is 9.10. The molecule has 4 heteroatoms. The summed E-state index contributed by atoms with van der Waals surface area (Å²) in [6.45, 7) is 3.95. The van der Waals surface area contributed by atoms with Gasteiger partial charge in [0.15, 0.2) is 0 Å². The maximum absolute atomic E-state index is 12.3. The van der Waals surface area contributed by atoms with Crippen LogP contribution in [0.25, 0.3) is 0 Å². The summed E-state index contributed by atoms with van der Waals surface area (Å²) in [5.41, 5.74) is 3.13. The fraction of sp³-hybridized carbons (Fsp3) is 0.316. The number of nitrogens with one attached hydrogen (secondary N) is 1. The second kappa shape index (κ2) is 7.75. The molecule has 1 aliphatic heterocycles. The Kier molecular flexibility index (Phi) is 5.47. The van der Waals surface area contributed by atoms with Crippen molar-refractivity contribution in [3.8, 4) is 0 Å². The van der Waals surface area contributed by atoms with E-state index in [1.165, 1.54) is 31.5 Å². The lowest BCUT2D eigenvalue weighted by molar-refractivity contribution is 0.0950. The van der Waals surface area contributed by atoms with Crippen LogP contribution in [0.2, 0.25) is 0 Å².